The van der Waals surface area contributed by atoms with Crippen LogP contribution in [0, 0.1) is 0 Å². The number of nitrogens with zero attached hydrogens (tertiary/aromatic N) is 4. The van der Waals surface area contributed by atoms with Gasteiger partial charge in [-0.1, -0.05) is 0 Å². The van der Waals surface area contributed by atoms with Crippen LogP contribution in [0.2, 0.25) is 0 Å². The van der Waals surface area contributed by atoms with Crippen LogP contribution in [0.25, 0.3) is 10.6 Å². The third-order valence-electron chi connectivity index (χ3n) is 4.92. The Kier molecular flexibility index (Phi) is 7.34. The molecule has 3 heterocycles. The zero-order valence-electron chi connectivity index (χ0n) is 18.6. The first-order chi connectivity index (χ1) is 16.4. The number of anilines is 1. The fourth-order valence-corrected chi connectivity index (χ4v) is 5.23. The lowest BCUT2D eigenvalue weighted by molar-refractivity contribution is 0.0815. The van der Waals surface area contributed by atoms with Gasteiger partial charge in [0.25, 0.3) is 5.91 Å². The molecule has 0 spiro atoms. The van der Waals surface area contributed by atoms with E-state index in [4.69, 9.17) is 9.47 Å². The van der Waals surface area contributed by atoms with Crippen molar-refractivity contribution in [3.63, 3.8) is 0 Å². The molecule has 1 amide bonds. The molecule has 3 aromatic rings. The van der Waals surface area contributed by atoms with Crippen molar-refractivity contribution in [1.29, 1.82) is 0 Å². The number of aromatic nitrogens is 4. The summed E-state index contributed by atoms with van der Waals surface area (Å²) in [5, 5.41) is 2.71. The maximum Gasteiger partial charge on any atom is 0.280 e. The number of ether oxygens (including phenoxy) is 2. The van der Waals surface area contributed by atoms with Crippen LogP contribution in [0.1, 0.15) is 41.4 Å². The van der Waals surface area contributed by atoms with Gasteiger partial charge < -0.3 is 14.8 Å². The highest BCUT2D eigenvalue weighted by Gasteiger charge is 2.35. The number of amides is 1. The summed E-state index contributed by atoms with van der Waals surface area (Å²) in [7, 11) is -1.90. The Morgan fingerprint density at radius 2 is 2.09 bits per heavy atom. The van der Waals surface area contributed by atoms with Crippen LogP contribution in [0.3, 0.4) is 0 Å². The second kappa shape index (κ2) is 10.4. The van der Waals surface area contributed by atoms with Gasteiger partial charge in [0.05, 0.1) is 40.5 Å². The lowest BCUT2D eigenvalue weighted by Crippen LogP contribution is -2.29. The van der Waals surface area contributed by atoms with E-state index in [1.54, 1.807) is 24.5 Å². The molecule has 1 aliphatic carbocycles. The fourth-order valence-electron chi connectivity index (χ4n) is 3.07. The molecule has 1 saturated carbocycles. The second-order valence-electron chi connectivity index (χ2n) is 7.46. The molecule has 0 radical (unpaired) electrons. The lowest BCUT2D eigenvalue weighted by atomic mass is 10.2. The number of thiazole rings is 1. The number of methoxy groups -OCH3 is 1. The number of pyridine rings is 1. The first-order valence-corrected chi connectivity index (χ1v) is 13.0. The predicted octanol–water partition coefficient (Wildman–Crippen LogP) is 2.42. The van der Waals surface area contributed by atoms with Crippen molar-refractivity contribution in [2.45, 2.75) is 31.1 Å². The van der Waals surface area contributed by atoms with Gasteiger partial charge in [0.1, 0.15) is 11.8 Å². The third-order valence-corrected chi connectivity index (χ3v) is 7.81. The standard InChI is InChI=1S/C21H24N6O5S2/c1-3-32-19-12-22-9-16(26-19)18-11-25-21(33-18)20(28)24-10-17(31-2)15-8-13(6-7-23-15)27-34(29,30)14-4-5-14/h6-9,11-12,14,17H,3-5,10H2,1-2H3,(H,23,27)(H,24,28)/t17-/m0/s1. The second-order valence-corrected chi connectivity index (χ2v) is 10.4. The SMILES string of the molecule is CCOc1cncc(-c2cnc(C(=O)NC[C@H](OC)c3cc(NS(=O)(=O)C4CC4)ccn3)s2)n1. The number of hydrogen-bond acceptors (Lipinski definition) is 10. The summed E-state index contributed by atoms with van der Waals surface area (Å²) in [6, 6.07) is 3.18. The molecule has 2 N–H and O–H groups in total. The predicted molar refractivity (Wildman–Crippen MR) is 126 cm³/mol. The van der Waals surface area contributed by atoms with E-state index in [9.17, 15) is 13.2 Å². The van der Waals surface area contributed by atoms with Gasteiger partial charge in [0, 0.05) is 26.0 Å². The average molecular weight is 505 g/mol. The molecular formula is C21H24N6O5S2. The number of sulfonamides is 1. The molecule has 1 atom stereocenters. The molecule has 1 fully saturated rings. The van der Waals surface area contributed by atoms with E-state index in [0.29, 0.717) is 47.3 Å². The summed E-state index contributed by atoms with van der Waals surface area (Å²) in [5.74, 6) is 0.0225. The molecule has 0 bridgehead atoms. The Hall–Kier alpha value is -3.16. The molecule has 3 aromatic heterocycles. The normalized spacial score (nSPS) is 14.4. The van der Waals surface area contributed by atoms with Gasteiger partial charge in [-0.15, -0.1) is 11.3 Å². The van der Waals surface area contributed by atoms with E-state index in [1.807, 2.05) is 6.92 Å². The van der Waals surface area contributed by atoms with Crippen LogP contribution in [0.15, 0.2) is 36.9 Å². The highest BCUT2D eigenvalue weighted by Crippen LogP contribution is 2.30. The van der Waals surface area contributed by atoms with E-state index in [-0.39, 0.29) is 22.7 Å². The van der Waals surface area contributed by atoms with Gasteiger partial charge in [0.2, 0.25) is 15.9 Å². The maximum atomic E-state index is 12.7. The lowest BCUT2D eigenvalue weighted by Gasteiger charge is -2.16. The Morgan fingerprint density at radius 3 is 2.82 bits per heavy atom. The van der Waals surface area contributed by atoms with Gasteiger partial charge in [-0.3, -0.25) is 19.5 Å². The number of carbonyl (C=O) groups is 1. The monoisotopic (exact) mass is 504 g/mol. The molecular weight excluding hydrogens is 480 g/mol. The summed E-state index contributed by atoms with van der Waals surface area (Å²) < 4.78 is 37.8. The average Bonchev–Trinajstić information content (AvgIpc) is 3.58. The highest BCUT2D eigenvalue weighted by atomic mass is 32.2. The highest BCUT2D eigenvalue weighted by molar-refractivity contribution is 7.93. The van der Waals surface area contributed by atoms with Crippen molar-refractivity contribution >= 4 is 33.0 Å². The minimum Gasteiger partial charge on any atom is -0.477 e. The van der Waals surface area contributed by atoms with Crippen LogP contribution in [0.5, 0.6) is 5.88 Å². The summed E-state index contributed by atoms with van der Waals surface area (Å²) in [5.41, 5.74) is 1.46. The molecule has 11 nitrogen and oxygen atoms in total. The molecule has 0 aliphatic heterocycles. The van der Waals surface area contributed by atoms with Gasteiger partial charge >= 0.3 is 0 Å². The Balaban J connectivity index is 1.39. The number of hydrogen-bond donors (Lipinski definition) is 2. The number of carbonyl (C=O) groups excluding carboxylic acids is 1. The van der Waals surface area contributed by atoms with Crippen molar-refractivity contribution in [1.82, 2.24) is 25.3 Å². The minimum absolute atomic E-state index is 0.121. The molecule has 0 unspecified atom stereocenters. The number of nitrogens with one attached hydrogen (secondary N) is 2. The van der Waals surface area contributed by atoms with Gasteiger partial charge in [-0.2, -0.15) is 0 Å². The molecule has 13 heteroatoms. The van der Waals surface area contributed by atoms with Crippen LogP contribution in [-0.4, -0.2) is 59.8 Å². The zero-order valence-corrected chi connectivity index (χ0v) is 20.2. The summed E-state index contributed by atoms with van der Waals surface area (Å²) in [6.07, 6.45) is 6.91. The van der Waals surface area contributed by atoms with Gasteiger partial charge in [-0.05, 0) is 31.9 Å². The molecule has 0 saturated heterocycles. The first-order valence-electron chi connectivity index (χ1n) is 10.6. The minimum atomic E-state index is -3.39. The molecule has 4 rings (SSSR count). The van der Waals surface area contributed by atoms with Crippen LogP contribution >= 0.6 is 11.3 Å². The molecule has 0 aromatic carbocycles. The quantitative estimate of drug-likeness (QED) is 0.402. The molecule has 1 aliphatic rings. The Morgan fingerprint density at radius 1 is 1.26 bits per heavy atom. The van der Waals surface area contributed by atoms with Crippen LogP contribution in [0.4, 0.5) is 5.69 Å². The van der Waals surface area contributed by atoms with Crippen LogP contribution < -0.4 is 14.8 Å². The van der Waals surface area contributed by atoms with Crippen molar-refractivity contribution < 1.29 is 22.7 Å². The Bertz CT molecular complexity index is 1260. The smallest absolute Gasteiger partial charge is 0.280 e. The van der Waals surface area contributed by atoms with Gasteiger partial charge in [0.15, 0.2) is 5.01 Å². The van der Waals surface area contributed by atoms with Gasteiger partial charge in [-0.25, -0.2) is 18.4 Å². The Labute approximate surface area is 201 Å². The first kappa shape index (κ1) is 24.0. The van der Waals surface area contributed by atoms with Crippen molar-refractivity contribution in [3.05, 3.63) is 47.6 Å². The van der Waals surface area contributed by atoms with Crippen molar-refractivity contribution in [2.24, 2.45) is 0 Å². The largest absolute Gasteiger partial charge is 0.477 e. The number of rotatable bonds is 11. The third kappa shape index (κ3) is 5.85. The zero-order chi connectivity index (χ0) is 24.1. The van der Waals surface area contributed by atoms with Crippen molar-refractivity contribution in [3.8, 4) is 16.5 Å². The molecule has 180 valence electrons. The van der Waals surface area contributed by atoms with E-state index < -0.39 is 16.1 Å². The van der Waals surface area contributed by atoms with Crippen LogP contribution in [-0.2, 0) is 14.8 Å². The molecule has 34 heavy (non-hydrogen) atoms. The summed E-state index contributed by atoms with van der Waals surface area (Å²) in [6.45, 7) is 2.45. The fraction of sp³-hybridized carbons (Fsp3) is 0.381. The van der Waals surface area contributed by atoms with E-state index in [0.717, 1.165) is 0 Å². The topological polar surface area (TPSA) is 145 Å². The van der Waals surface area contributed by atoms with E-state index >= 15 is 0 Å². The summed E-state index contributed by atoms with van der Waals surface area (Å²) in [4.78, 5) is 30.3. The maximum absolute atomic E-state index is 12.7. The van der Waals surface area contributed by atoms with Crippen molar-refractivity contribution in [2.75, 3.05) is 25.0 Å². The van der Waals surface area contributed by atoms with E-state index in [2.05, 4.69) is 30.0 Å². The summed E-state index contributed by atoms with van der Waals surface area (Å²) >= 11 is 1.18. The van der Waals surface area contributed by atoms with E-state index in [1.165, 1.54) is 30.8 Å².